The molecule has 0 aliphatic heterocycles. The summed E-state index contributed by atoms with van der Waals surface area (Å²) in [5.74, 6) is 0.379. The van der Waals surface area contributed by atoms with Crippen LogP contribution in [-0.4, -0.2) is 34.7 Å². The zero-order valence-corrected chi connectivity index (χ0v) is 18.5. The van der Waals surface area contributed by atoms with Crippen LogP contribution in [0.3, 0.4) is 0 Å². The first-order chi connectivity index (χ1) is 13.8. The van der Waals surface area contributed by atoms with Crippen molar-refractivity contribution in [3.05, 3.63) is 28.0 Å². The number of allylic oxidation sites excluding steroid dienone is 2. The Morgan fingerprint density at radius 3 is 2.52 bits per heavy atom. The average Bonchev–Trinajstić information content (AvgIpc) is 3.08. The van der Waals surface area contributed by atoms with Crippen LogP contribution in [0.1, 0.15) is 79.8 Å². The van der Waals surface area contributed by atoms with E-state index in [2.05, 4.69) is 26.0 Å². The summed E-state index contributed by atoms with van der Waals surface area (Å²) in [6, 6.07) is 1.93. The van der Waals surface area contributed by atoms with Gasteiger partial charge in [0.1, 0.15) is 4.88 Å². The number of amides is 1. The summed E-state index contributed by atoms with van der Waals surface area (Å²) in [5.41, 5.74) is 0.541. The lowest BCUT2D eigenvalue weighted by atomic mass is 9.75. The van der Waals surface area contributed by atoms with Crippen molar-refractivity contribution in [1.29, 1.82) is 0 Å². The zero-order chi connectivity index (χ0) is 21.1. The smallest absolute Gasteiger partial charge is 0.348 e. The Kier molecular flexibility index (Phi) is 7.17. The Balaban J connectivity index is 1.89. The van der Waals surface area contributed by atoms with E-state index in [4.69, 9.17) is 0 Å². The highest BCUT2D eigenvalue weighted by Gasteiger charge is 2.36. The zero-order valence-electron chi connectivity index (χ0n) is 17.6. The third-order valence-corrected chi connectivity index (χ3v) is 7.42. The molecule has 5 nitrogen and oxygen atoms in total. The van der Waals surface area contributed by atoms with E-state index in [1.54, 1.807) is 11.8 Å². The fourth-order valence-electron chi connectivity index (χ4n) is 4.35. The Morgan fingerprint density at radius 1 is 1.24 bits per heavy atom. The van der Waals surface area contributed by atoms with E-state index in [0.717, 1.165) is 30.6 Å². The fourth-order valence-corrected chi connectivity index (χ4v) is 5.47. The van der Waals surface area contributed by atoms with Crippen LogP contribution in [0.15, 0.2) is 18.2 Å². The van der Waals surface area contributed by atoms with E-state index in [0.29, 0.717) is 36.9 Å². The number of aliphatic hydroxyl groups is 1. The van der Waals surface area contributed by atoms with Gasteiger partial charge in [0.05, 0.1) is 11.8 Å². The van der Waals surface area contributed by atoms with E-state index in [9.17, 15) is 19.8 Å². The third-order valence-electron chi connectivity index (χ3n) is 6.18. The Hall–Kier alpha value is -1.66. The van der Waals surface area contributed by atoms with E-state index < -0.39 is 12.1 Å². The number of hydrogen-bond acceptors (Lipinski definition) is 4. The minimum absolute atomic E-state index is 0.0167. The second-order valence-electron chi connectivity index (χ2n) is 8.97. The average molecular weight is 420 g/mol. The van der Waals surface area contributed by atoms with Crippen molar-refractivity contribution in [2.75, 3.05) is 11.4 Å². The normalized spacial score (nSPS) is 27.3. The predicted molar refractivity (Wildman–Crippen MR) is 117 cm³/mol. The Bertz CT molecular complexity index is 763. The summed E-state index contributed by atoms with van der Waals surface area (Å²) in [5, 5.41) is 19.4. The van der Waals surface area contributed by atoms with E-state index >= 15 is 0 Å². The molecule has 2 N–H and O–H groups in total. The van der Waals surface area contributed by atoms with Gasteiger partial charge in [0.2, 0.25) is 5.91 Å². The first kappa shape index (κ1) is 22.0. The quantitative estimate of drug-likeness (QED) is 0.578. The first-order valence-electron chi connectivity index (χ1n) is 10.8. The molecule has 1 aromatic heterocycles. The molecule has 0 saturated heterocycles. The van der Waals surface area contributed by atoms with Gasteiger partial charge in [-0.3, -0.25) is 4.79 Å². The molecule has 3 rings (SSSR count). The third kappa shape index (κ3) is 5.28. The van der Waals surface area contributed by atoms with Crippen molar-refractivity contribution in [3.8, 4) is 0 Å². The number of carbonyl (C=O) groups excluding carboxylic acids is 1. The molecule has 1 aromatic rings. The van der Waals surface area contributed by atoms with Gasteiger partial charge in [-0.15, -0.1) is 11.3 Å². The van der Waals surface area contributed by atoms with E-state index in [1.807, 2.05) is 6.07 Å². The van der Waals surface area contributed by atoms with Crippen molar-refractivity contribution in [1.82, 2.24) is 0 Å². The topological polar surface area (TPSA) is 77.8 Å². The van der Waals surface area contributed by atoms with Gasteiger partial charge in [0.25, 0.3) is 0 Å². The van der Waals surface area contributed by atoms with Crippen LogP contribution in [0.2, 0.25) is 0 Å². The van der Waals surface area contributed by atoms with Crippen LogP contribution < -0.4 is 4.90 Å². The van der Waals surface area contributed by atoms with Crippen molar-refractivity contribution >= 4 is 28.9 Å². The van der Waals surface area contributed by atoms with Crippen LogP contribution in [-0.2, 0) is 4.79 Å². The molecule has 2 aliphatic carbocycles. The molecule has 1 fully saturated rings. The number of hydrogen-bond donors (Lipinski definition) is 2. The molecule has 160 valence electrons. The van der Waals surface area contributed by atoms with Crippen molar-refractivity contribution in [2.45, 2.75) is 71.3 Å². The second-order valence-corrected chi connectivity index (χ2v) is 10.1. The lowest BCUT2D eigenvalue weighted by Crippen LogP contribution is -2.42. The summed E-state index contributed by atoms with van der Waals surface area (Å²) in [6.45, 7) is 6.52. The molecular formula is C23H33NO4S. The van der Waals surface area contributed by atoms with Gasteiger partial charge in [-0.2, -0.15) is 0 Å². The SMILES string of the molecule is CC(O)CCCN(C(=O)C1CC(C)C1)c1cc(C2C=CC(C)CC2)sc1C(=O)O. The van der Waals surface area contributed by atoms with Crippen LogP contribution >= 0.6 is 11.3 Å². The molecule has 3 unspecified atom stereocenters. The molecule has 0 aromatic carbocycles. The molecule has 29 heavy (non-hydrogen) atoms. The van der Waals surface area contributed by atoms with Crippen LogP contribution in [0.25, 0.3) is 0 Å². The number of aliphatic hydroxyl groups excluding tert-OH is 1. The molecule has 0 radical (unpaired) electrons. The highest BCUT2D eigenvalue weighted by atomic mass is 32.1. The molecule has 1 saturated carbocycles. The number of rotatable bonds is 8. The number of carboxylic acids is 1. The molecule has 6 heteroatoms. The maximum atomic E-state index is 13.2. The number of nitrogens with zero attached hydrogens (tertiary/aromatic N) is 1. The fraction of sp³-hybridized carbons (Fsp3) is 0.652. The van der Waals surface area contributed by atoms with Gasteiger partial charge in [-0.05, 0) is 63.4 Å². The number of aromatic carboxylic acids is 1. The molecular weight excluding hydrogens is 386 g/mol. The number of carbonyl (C=O) groups is 2. The van der Waals surface area contributed by atoms with E-state index in [1.165, 1.54) is 11.3 Å². The maximum Gasteiger partial charge on any atom is 0.348 e. The largest absolute Gasteiger partial charge is 0.477 e. The second kappa shape index (κ2) is 9.43. The molecule has 3 atom stereocenters. The predicted octanol–water partition coefficient (Wildman–Crippen LogP) is 5.06. The van der Waals surface area contributed by atoms with Crippen molar-refractivity contribution in [3.63, 3.8) is 0 Å². The van der Waals surface area contributed by atoms with Gasteiger partial charge in [0.15, 0.2) is 0 Å². The summed E-state index contributed by atoms with van der Waals surface area (Å²) < 4.78 is 0. The van der Waals surface area contributed by atoms with Gasteiger partial charge in [-0.25, -0.2) is 4.79 Å². The minimum Gasteiger partial charge on any atom is -0.477 e. The lowest BCUT2D eigenvalue weighted by Gasteiger charge is -2.36. The highest BCUT2D eigenvalue weighted by molar-refractivity contribution is 7.14. The van der Waals surface area contributed by atoms with Crippen molar-refractivity contribution in [2.24, 2.45) is 17.8 Å². The monoisotopic (exact) mass is 419 g/mol. The molecule has 0 bridgehead atoms. The minimum atomic E-state index is -0.972. The molecule has 1 heterocycles. The standard InChI is InChI=1S/C23H33NO4S/c1-14-6-8-17(9-7-14)20-13-19(21(29-20)23(27)28)24(10-4-5-16(3)25)22(26)18-11-15(2)12-18/h6,8,13-18,25H,4-5,7,9-12H2,1-3H3,(H,27,28). The van der Waals surface area contributed by atoms with Gasteiger partial charge in [0, 0.05) is 23.3 Å². The van der Waals surface area contributed by atoms with Crippen molar-refractivity contribution < 1.29 is 19.8 Å². The molecule has 0 spiro atoms. The molecule has 1 amide bonds. The van der Waals surface area contributed by atoms with Crippen LogP contribution in [0.4, 0.5) is 5.69 Å². The number of thiophene rings is 1. The van der Waals surface area contributed by atoms with Gasteiger partial charge in [-0.1, -0.05) is 26.0 Å². The van der Waals surface area contributed by atoms with Crippen LogP contribution in [0, 0.1) is 17.8 Å². The van der Waals surface area contributed by atoms with Gasteiger partial charge >= 0.3 is 5.97 Å². The molecule has 2 aliphatic rings. The summed E-state index contributed by atoms with van der Waals surface area (Å²) in [4.78, 5) is 28.2. The first-order valence-corrected chi connectivity index (χ1v) is 11.6. The Morgan fingerprint density at radius 2 is 1.97 bits per heavy atom. The summed E-state index contributed by atoms with van der Waals surface area (Å²) in [6.07, 6.45) is 9.04. The lowest BCUT2D eigenvalue weighted by molar-refractivity contribution is -0.126. The number of anilines is 1. The van der Waals surface area contributed by atoms with Crippen LogP contribution in [0.5, 0.6) is 0 Å². The van der Waals surface area contributed by atoms with E-state index in [-0.39, 0.29) is 22.6 Å². The van der Waals surface area contributed by atoms with Gasteiger partial charge < -0.3 is 15.1 Å². The summed E-state index contributed by atoms with van der Waals surface area (Å²) >= 11 is 1.30. The summed E-state index contributed by atoms with van der Waals surface area (Å²) in [7, 11) is 0. The maximum absolute atomic E-state index is 13.2. The highest BCUT2D eigenvalue weighted by Crippen LogP contribution is 2.41. The number of carboxylic acid groups (broad SMARTS) is 1. The Labute approximate surface area is 177 Å².